The summed E-state index contributed by atoms with van der Waals surface area (Å²) in [6.07, 6.45) is 1.88. The van der Waals surface area contributed by atoms with Crippen LogP contribution in [-0.2, 0) is 24.1 Å². The lowest BCUT2D eigenvalue weighted by molar-refractivity contribution is 0.110. The maximum Gasteiger partial charge on any atom is 0.191 e. The summed E-state index contributed by atoms with van der Waals surface area (Å²) in [7, 11) is 1.78. The fraction of sp³-hybridized carbons (Fsp3) is 0.545. The number of ether oxygens (including phenoxy) is 2. The molecule has 2 rings (SSSR count). The van der Waals surface area contributed by atoms with Gasteiger partial charge in [0.15, 0.2) is 5.96 Å². The Morgan fingerprint density at radius 3 is 2.69 bits per heavy atom. The second kappa shape index (κ2) is 12.4. The summed E-state index contributed by atoms with van der Waals surface area (Å²) in [5.41, 5.74) is 3.48. The third-order valence-corrected chi connectivity index (χ3v) is 5.56. The molecule has 0 atom stereocenters. The van der Waals surface area contributed by atoms with Gasteiger partial charge in [-0.15, -0.1) is 11.3 Å². The van der Waals surface area contributed by atoms with Crippen LogP contribution in [0.5, 0.6) is 5.75 Å². The highest BCUT2D eigenvalue weighted by molar-refractivity contribution is 7.11. The van der Waals surface area contributed by atoms with Crippen LogP contribution in [0.1, 0.15) is 40.6 Å². The molecule has 0 saturated carbocycles. The molecule has 0 aliphatic heterocycles. The van der Waals surface area contributed by atoms with Crippen molar-refractivity contribution in [3.05, 3.63) is 44.9 Å². The second-order valence-electron chi connectivity index (χ2n) is 6.72. The van der Waals surface area contributed by atoms with Gasteiger partial charge in [0, 0.05) is 43.6 Å². The molecule has 29 heavy (non-hydrogen) atoms. The van der Waals surface area contributed by atoms with E-state index in [0.717, 1.165) is 36.7 Å². The number of aryl methyl sites for hydroxylation is 3. The van der Waals surface area contributed by atoms with Gasteiger partial charge in [0.1, 0.15) is 12.4 Å². The zero-order valence-electron chi connectivity index (χ0n) is 18.3. The number of aliphatic imine (C=N–C) groups is 1. The standard InChI is InChI=1S/C22H34N4O2S/c1-6-19-17(4)29-21(26-19)10-11-24-22(23-5)25-15-18-9-8-16(3)14-20(18)28-13-12-27-7-2/h8-9,14H,6-7,10-13,15H2,1-5H3,(H2,23,24,25). The van der Waals surface area contributed by atoms with Crippen molar-refractivity contribution in [3.63, 3.8) is 0 Å². The molecule has 0 radical (unpaired) electrons. The van der Waals surface area contributed by atoms with Gasteiger partial charge in [0.2, 0.25) is 0 Å². The fourth-order valence-electron chi connectivity index (χ4n) is 2.91. The van der Waals surface area contributed by atoms with Crippen LogP contribution in [0.3, 0.4) is 0 Å². The lowest BCUT2D eigenvalue weighted by Crippen LogP contribution is -2.37. The number of thiazole rings is 1. The highest BCUT2D eigenvalue weighted by Gasteiger charge is 2.08. The molecule has 1 heterocycles. The number of nitrogens with zero attached hydrogens (tertiary/aromatic N) is 2. The van der Waals surface area contributed by atoms with E-state index in [0.29, 0.717) is 26.4 Å². The Morgan fingerprint density at radius 2 is 2.00 bits per heavy atom. The Balaban J connectivity index is 1.84. The van der Waals surface area contributed by atoms with Gasteiger partial charge in [-0.1, -0.05) is 19.1 Å². The first-order valence-corrected chi connectivity index (χ1v) is 11.1. The molecule has 0 aliphatic rings. The molecule has 1 aromatic heterocycles. The van der Waals surface area contributed by atoms with Gasteiger partial charge in [0.05, 0.1) is 17.3 Å². The summed E-state index contributed by atoms with van der Waals surface area (Å²) >= 11 is 1.78. The Bertz CT molecular complexity index is 789. The van der Waals surface area contributed by atoms with Crippen LogP contribution in [0.2, 0.25) is 0 Å². The summed E-state index contributed by atoms with van der Waals surface area (Å²) in [5.74, 6) is 1.66. The predicted molar refractivity (Wildman–Crippen MR) is 121 cm³/mol. The number of guanidine groups is 1. The van der Waals surface area contributed by atoms with E-state index in [-0.39, 0.29) is 0 Å². The average molecular weight is 419 g/mol. The second-order valence-corrected chi connectivity index (χ2v) is 8.01. The number of benzene rings is 1. The molecule has 0 aliphatic carbocycles. The van der Waals surface area contributed by atoms with Crippen LogP contribution in [0.15, 0.2) is 23.2 Å². The first-order valence-electron chi connectivity index (χ1n) is 10.3. The van der Waals surface area contributed by atoms with Crippen LogP contribution in [-0.4, -0.2) is 44.4 Å². The molecular formula is C22H34N4O2S. The summed E-state index contributed by atoms with van der Waals surface area (Å²) in [6.45, 7) is 11.6. The summed E-state index contributed by atoms with van der Waals surface area (Å²) < 4.78 is 11.3. The van der Waals surface area contributed by atoms with E-state index in [1.54, 1.807) is 18.4 Å². The van der Waals surface area contributed by atoms with E-state index < -0.39 is 0 Å². The molecule has 0 spiro atoms. The van der Waals surface area contributed by atoms with Crippen LogP contribution >= 0.6 is 11.3 Å². The molecule has 0 amide bonds. The minimum atomic E-state index is 0.546. The quantitative estimate of drug-likeness (QED) is 0.331. The highest BCUT2D eigenvalue weighted by Crippen LogP contribution is 2.20. The van der Waals surface area contributed by atoms with Gasteiger partial charge in [-0.2, -0.15) is 0 Å². The van der Waals surface area contributed by atoms with Crippen LogP contribution < -0.4 is 15.4 Å². The monoisotopic (exact) mass is 418 g/mol. The SMILES string of the molecule is CCOCCOc1cc(C)ccc1CNC(=NC)NCCc1nc(CC)c(C)s1. The molecule has 2 aromatic rings. The van der Waals surface area contributed by atoms with Gasteiger partial charge >= 0.3 is 0 Å². The minimum Gasteiger partial charge on any atom is -0.491 e. The van der Waals surface area contributed by atoms with Gasteiger partial charge < -0.3 is 20.1 Å². The first-order chi connectivity index (χ1) is 14.1. The Hall–Kier alpha value is -2.12. The number of rotatable bonds is 11. The highest BCUT2D eigenvalue weighted by atomic mass is 32.1. The maximum absolute atomic E-state index is 5.92. The van der Waals surface area contributed by atoms with Crippen molar-refractivity contribution < 1.29 is 9.47 Å². The first kappa shape index (κ1) is 23.2. The zero-order chi connectivity index (χ0) is 21.1. The van der Waals surface area contributed by atoms with E-state index >= 15 is 0 Å². The van der Waals surface area contributed by atoms with Crippen LogP contribution in [0.25, 0.3) is 0 Å². The van der Waals surface area contributed by atoms with Gasteiger partial charge in [-0.3, -0.25) is 4.99 Å². The van der Waals surface area contributed by atoms with E-state index in [1.807, 2.05) is 6.92 Å². The maximum atomic E-state index is 5.92. The van der Waals surface area contributed by atoms with Crippen molar-refractivity contribution in [3.8, 4) is 5.75 Å². The molecule has 0 bridgehead atoms. The summed E-state index contributed by atoms with van der Waals surface area (Å²) in [6, 6.07) is 6.25. The van der Waals surface area contributed by atoms with Gasteiger partial charge in [-0.25, -0.2) is 4.98 Å². The number of aromatic nitrogens is 1. The Kier molecular flexibility index (Phi) is 9.94. The molecular weight excluding hydrogens is 384 g/mol. The van der Waals surface area contributed by atoms with Crippen molar-refractivity contribution in [2.75, 3.05) is 33.4 Å². The largest absolute Gasteiger partial charge is 0.491 e. The zero-order valence-corrected chi connectivity index (χ0v) is 19.1. The molecule has 0 unspecified atom stereocenters. The number of nitrogens with one attached hydrogen (secondary N) is 2. The van der Waals surface area contributed by atoms with Gasteiger partial charge in [0.25, 0.3) is 0 Å². The predicted octanol–water partition coefficient (Wildman–Crippen LogP) is 3.65. The molecule has 6 nitrogen and oxygen atoms in total. The van der Waals surface area contributed by atoms with Crippen molar-refractivity contribution in [1.29, 1.82) is 0 Å². The lowest BCUT2D eigenvalue weighted by Gasteiger charge is -2.15. The summed E-state index contributed by atoms with van der Waals surface area (Å²) in [4.78, 5) is 10.3. The molecule has 7 heteroatoms. The fourth-order valence-corrected chi connectivity index (χ4v) is 3.93. The van der Waals surface area contributed by atoms with Crippen molar-refractivity contribution in [2.45, 2.75) is 47.1 Å². The Morgan fingerprint density at radius 1 is 1.17 bits per heavy atom. The van der Waals surface area contributed by atoms with E-state index in [1.165, 1.54) is 21.1 Å². The van der Waals surface area contributed by atoms with Crippen molar-refractivity contribution in [1.82, 2.24) is 15.6 Å². The Labute approximate surface area is 178 Å². The molecule has 0 saturated heterocycles. The third-order valence-electron chi connectivity index (χ3n) is 4.49. The molecule has 2 N–H and O–H groups in total. The van der Waals surface area contributed by atoms with E-state index in [4.69, 9.17) is 14.5 Å². The van der Waals surface area contributed by atoms with Crippen molar-refractivity contribution >= 4 is 17.3 Å². The summed E-state index contributed by atoms with van der Waals surface area (Å²) in [5, 5.41) is 7.91. The molecule has 0 fully saturated rings. The molecule has 1 aromatic carbocycles. The normalized spacial score (nSPS) is 11.6. The number of hydrogen-bond acceptors (Lipinski definition) is 5. The number of hydrogen-bond donors (Lipinski definition) is 2. The van der Waals surface area contributed by atoms with Crippen LogP contribution in [0, 0.1) is 13.8 Å². The minimum absolute atomic E-state index is 0.546. The third kappa shape index (κ3) is 7.66. The van der Waals surface area contributed by atoms with E-state index in [2.05, 4.69) is 54.6 Å². The van der Waals surface area contributed by atoms with E-state index in [9.17, 15) is 0 Å². The topological polar surface area (TPSA) is 67.8 Å². The molecule has 160 valence electrons. The smallest absolute Gasteiger partial charge is 0.191 e. The van der Waals surface area contributed by atoms with Gasteiger partial charge in [-0.05, 0) is 38.8 Å². The van der Waals surface area contributed by atoms with Crippen molar-refractivity contribution in [2.24, 2.45) is 4.99 Å². The average Bonchev–Trinajstić information content (AvgIpc) is 3.08. The van der Waals surface area contributed by atoms with Crippen LogP contribution in [0.4, 0.5) is 0 Å². The lowest BCUT2D eigenvalue weighted by atomic mass is 10.1.